The first-order valence-electron chi connectivity index (χ1n) is 7.77. The van der Waals surface area contributed by atoms with Gasteiger partial charge in [0, 0.05) is 26.7 Å². The van der Waals surface area contributed by atoms with Crippen molar-refractivity contribution in [2.24, 2.45) is 0 Å². The molecule has 2 N–H and O–H groups in total. The van der Waals surface area contributed by atoms with Gasteiger partial charge in [-0.1, -0.05) is 12.1 Å². The molecule has 1 saturated heterocycles. The lowest BCUT2D eigenvalue weighted by molar-refractivity contribution is -0.121. The van der Waals surface area contributed by atoms with Gasteiger partial charge >= 0.3 is 6.03 Å². The van der Waals surface area contributed by atoms with Gasteiger partial charge in [-0.2, -0.15) is 0 Å². The normalized spacial score (nSPS) is 16.6. The number of urea groups is 1. The van der Waals surface area contributed by atoms with Gasteiger partial charge in [0.1, 0.15) is 5.82 Å². The van der Waals surface area contributed by atoms with Crippen LogP contribution in [0.25, 0.3) is 0 Å². The van der Waals surface area contributed by atoms with E-state index >= 15 is 0 Å². The molecule has 1 aromatic rings. The zero-order chi connectivity index (χ0) is 16.7. The fraction of sp³-hybridized carbons (Fsp3) is 0.500. The molecule has 1 fully saturated rings. The van der Waals surface area contributed by atoms with E-state index in [1.807, 2.05) is 4.90 Å². The SMILES string of the molecule is CNC(=O)NC(=O)CN1CCCN(Cc2ccc(F)cc2)CC1. The number of imide groups is 1. The molecule has 0 aromatic heterocycles. The quantitative estimate of drug-likeness (QED) is 0.860. The summed E-state index contributed by atoms with van der Waals surface area (Å²) in [5.74, 6) is -0.519. The summed E-state index contributed by atoms with van der Waals surface area (Å²) in [4.78, 5) is 27.2. The van der Waals surface area contributed by atoms with Crippen molar-refractivity contribution in [2.45, 2.75) is 13.0 Å². The average molecular weight is 322 g/mol. The average Bonchev–Trinajstić information content (AvgIpc) is 2.75. The highest BCUT2D eigenvalue weighted by Gasteiger charge is 2.18. The van der Waals surface area contributed by atoms with Crippen molar-refractivity contribution in [3.8, 4) is 0 Å². The van der Waals surface area contributed by atoms with Gasteiger partial charge in [-0.15, -0.1) is 0 Å². The topological polar surface area (TPSA) is 64.7 Å². The smallest absolute Gasteiger partial charge is 0.321 e. The molecule has 23 heavy (non-hydrogen) atoms. The van der Waals surface area contributed by atoms with Crippen LogP contribution in [0.15, 0.2) is 24.3 Å². The minimum absolute atomic E-state index is 0.220. The van der Waals surface area contributed by atoms with Crippen LogP contribution in [-0.2, 0) is 11.3 Å². The van der Waals surface area contributed by atoms with Crippen LogP contribution in [0.3, 0.4) is 0 Å². The summed E-state index contributed by atoms with van der Waals surface area (Å²) in [6.07, 6.45) is 0.953. The second-order valence-electron chi connectivity index (χ2n) is 5.66. The van der Waals surface area contributed by atoms with E-state index in [4.69, 9.17) is 0 Å². The van der Waals surface area contributed by atoms with Crippen LogP contribution < -0.4 is 10.6 Å². The van der Waals surface area contributed by atoms with Crippen molar-refractivity contribution in [3.63, 3.8) is 0 Å². The van der Waals surface area contributed by atoms with Crippen molar-refractivity contribution in [1.82, 2.24) is 20.4 Å². The van der Waals surface area contributed by atoms with E-state index in [1.54, 1.807) is 12.1 Å². The summed E-state index contributed by atoms with van der Waals surface area (Å²) >= 11 is 0. The van der Waals surface area contributed by atoms with Crippen LogP contribution in [0.1, 0.15) is 12.0 Å². The van der Waals surface area contributed by atoms with Gasteiger partial charge in [0.15, 0.2) is 0 Å². The number of amides is 3. The maximum Gasteiger partial charge on any atom is 0.321 e. The number of halogens is 1. The summed E-state index contributed by atoms with van der Waals surface area (Å²) in [5, 5.41) is 4.63. The van der Waals surface area contributed by atoms with Gasteiger partial charge in [0.2, 0.25) is 5.91 Å². The molecule has 0 aliphatic carbocycles. The molecule has 2 rings (SSSR count). The first-order chi connectivity index (χ1) is 11.1. The van der Waals surface area contributed by atoms with Crippen LogP contribution in [0.4, 0.5) is 9.18 Å². The summed E-state index contributed by atoms with van der Waals surface area (Å²) in [6, 6.07) is 6.07. The number of carbonyl (C=O) groups excluding carboxylic acids is 2. The minimum atomic E-state index is -0.484. The Bertz CT molecular complexity index is 535. The molecule has 0 saturated carbocycles. The first-order valence-corrected chi connectivity index (χ1v) is 7.77. The fourth-order valence-electron chi connectivity index (χ4n) is 2.62. The second kappa shape index (κ2) is 8.59. The Morgan fingerprint density at radius 1 is 1.09 bits per heavy atom. The maximum atomic E-state index is 12.9. The van der Waals surface area contributed by atoms with Gasteiger partial charge in [-0.05, 0) is 37.2 Å². The van der Waals surface area contributed by atoms with Gasteiger partial charge in [-0.3, -0.25) is 19.9 Å². The largest absolute Gasteiger partial charge is 0.341 e. The fourth-order valence-corrected chi connectivity index (χ4v) is 2.62. The van der Waals surface area contributed by atoms with E-state index in [0.29, 0.717) is 0 Å². The number of rotatable bonds is 4. The van der Waals surface area contributed by atoms with Gasteiger partial charge in [0.25, 0.3) is 0 Å². The molecule has 0 radical (unpaired) electrons. The van der Waals surface area contributed by atoms with Gasteiger partial charge < -0.3 is 5.32 Å². The lowest BCUT2D eigenvalue weighted by Crippen LogP contribution is -2.44. The van der Waals surface area contributed by atoms with Crippen molar-refractivity contribution < 1.29 is 14.0 Å². The van der Waals surface area contributed by atoms with E-state index in [2.05, 4.69) is 15.5 Å². The molecule has 0 spiro atoms. The number of carbonyl (C=O) groups is 2. The van der Waals surface area contributed by atoms with Crippen LogP contribution >= 0.6 is 0 Å². The molecule has 0 unspecified atom stereocenters. The molecule has 1 aromatic carbocycles. The highest BCUT2D eigenvalue weighted by Crippen LogP contribution is 2.10. The Morgan fingerprint density at radius 2 is 1.74 bits per heavy atom. The highest BCUT2D eigenvalue weighted by atomic mass is 19.1. The van der Waals surface area contributed by atoms with E-state index in [-0.39, 0.29) is 18.3 Å². The predicted octanol–water partition coefficient (Wildman–Crippen LogP) is 0.789. The Morgan fingerprint density at radius 3 is 2.43 bits per heavy atom. The zero-order valence-electron chi connectivity index (χ0n) is 13.3. The third-order valence-electron chi connectivity index (χ3n) is 3.85. The molecule has 6 nitrogen and oxygen atoms in total. The minimum Gasteiger partial charge on any atom is -0.341 e. The third-order valence-corrected chi connectivity index (χ3v) is 3.85. The van der Waals surface area contributed by atoms with Crippen molar-refractivity contribution >= 4 is 11.9 Å². The van der Waals surface area contributed by atoms with E-state index < -0.39 is 6.03 Å². The van der Waals surface area contributed by atoms with Crippen LogP contribution in [0.2, 0.25) is 0 Å². The molecule has 0 bridgehead atoms. The molecular formula is C16H23FN4O2. The molecular weight excluding hydrogens is 299 g/mol. The summed E-state index contributed by atoms with van der Waals surface area (Å²) < 4.78 is 12.9. The molecule has 1 aliphatic heterocycles. The summed E-state index contributed by atoms with van der Waals surface area (Å²) in [5.41, 5.74) is 1.08. The van der Waals surface area contributed by atoms with Crippen molar-refractivity contribution in [1.29, 1.82) is 0 Å². The standard InChI is InChI=1S/C16H23FN4O2/c1-18-16(23)19-15(22)12-21-8-2-7-20(9-10-21)11-13-3-5-14(17)6-4-13/h3-6H,2,7-12H2,1H3,(H2,18,19,22,23). The van der Waals surface area contributed by atoms with Crippen molar-refractivity contribution in [2.75, 3.05) is 39.8 Å². The number of hydrogen-bond acceptors (Lipinski definition) is 4. The monoisotopic (exact) mass is 322 g/mol. The molecule has 1 heterocycles. The lowest BCUT2D eigenvalue weighted by atomic mass is 10.2. The zero-order valence-corrected chi connectivity index (χ0v) is 13.3. The van der Waals surface area contributed by atoms with E-state index in [9.17, 15) is 14.0 Å². The number of hydrogen-bond donors (Lipinski definition) is 2. The Hall–Kier alpha value is -1.99. The molecule has 7 heteroatoms. The van der Waals surface area contributed by atoms with Crippen molar-refractivity contribution in [3.05, 3.63) is 35.6 Å². The van der Waals surface area contributed by atoms with E-state index in [0.717, 1.165) is 44.7 Å². The van der Waals surface area contributed by atoms with E-state index in [1.165, 1.54) is 19.2 Å². The summed E-state index contributed by atoms with van der Waals surface area (Å²) in [6.45, 7) is 4.36. The second-order valence-corrected chi connectivity index (χ2v) is 5.66. The lowest BCUT2D eigenvalue weighted by Gasteiger charge is -2.21. The molecule has 0 atom stereocenters. The maximum absolute atomic E-state index is 12.9. The molecule has 3 amide bonds. The predicted molar refractivity (Wildman–Crippen MR) is 85.3 cm³/mol. The Kier molecular flexibility index (Phi) is 6.49. The van der Waals surface area contributed by atoms with Gasteiger partial charge in [-0.25, -0.2) is 9.18 Å². The number of nitrogens with one attached hydrogen (secondary N) is 2. The number of nitrogens with zero attached hydrogens (tertiary/aromatic N) is 2. The van der Waals surface area contributed by atoms with Crippen LogP contribution in [-0.4, -0.2) is 61.5 Å². The van der Waals surface area contributed by atoms with Crippen LogP contribution in [0, 0.1) is 5.82 Å². The Labute approximate surface area is 135 Å². The van der Waals surface area contributed by atoms with Crippen LogP contribution in [0.5, 0.6) is 0 Å². The molecule has 1 aliphatic rings. The van der Waals surface area contributed by atoms with Gasteiger partial charge in [0.05, 0.1) is 6.54 Å². The Balaban J connectivity index is 1.79. The highest BCUT2D eigenvalue weighted by molar-refractivity contribution is 5.95. The molecule has 126 valence electrons. The number of benzene rings is 1. The summed E-state index contributed by atoms with van der Waals surface area (Å²) in [7, 11) is 1.47. The third kappa shape index (κ3) is 5.96. The first kappa shape index (κ1) is 17.4.